The van der Waals surface area contributed by atoms with Crippen LogP contribution in [0.25, 0.3) is 0 Å². The normalized spacial score (nSPS) is 12.6. The average molecular weight is 693 g/mol. The number of nitrogens with zero attached hydrogens (tertiary/aromatic N) is 1. The van der Waals surface area contributed by atoms with E-state index in [0.717, 1.165) is 38.8 Å². The van der Waals surface area contributed by atoms with E-state index in [1.807, 2.05) is 0 Å². The maximum Gasteiger partial charge on any atom is 0.306 e. The Morgan fingerprint density at radius 1 is 0.531 bits per heavy atom. The van der Waals surface area contributed by atoms with Crippen molar-refractivity contribution in [2.24, 2.45) is 0 Å². The summed E-state index contributed by atoms with van der Waals surface area (Å²) in [5.41, 5.74) is 0. The fourth-order valence-electron chi connectivity index (χ4n) is 6.99. The van der Waals surface area contributed by atoms with Gasteiger partial charge < -0.3 is 14.3 Å². The number of carbonyl (C=O) groups excluding carboxylic acids is 1. The molecular formula is C44H86NO4+. The molecule has 1 N–H and O–H groups in total. The molecule has 0 saturated carbocycles. The molecule has 0 aromatic heterocycles. The zero-order valence-corrected chi connectivity index (χ0v) is 33.6. The first-order valence-corrected chi connectivity index (χ1v) is 21.7. The summed E-state index contributed by atoms with van der Waals surface area (Å²) < 4.78 is 6.77. The van der Waals surface area contributed by atoms with Gasteiger partial charge in [-0.05, 0) is 44.9 Å². The molecule has 0 radical (unpaired) electrons. The minimum absolute atomic E-state index is 0.0512. The summed E-state index contributed by atoms with van der Waals surface area (Å²) in [7, 11) is 4.28. The van der Waals surface area contributed by atoms with Crippen LogP contribution in [-0.2, 0) is 14.3 Å². The number of carboxylic acid groups (broad SMARTS) is 1. The maximum absolute atomic E-state index is 12.8. The number of hydrogen-bond acceptors (Lipinski definition) is 3. The molecule has 0 aliphatic heterocycles. The van der Waals surface area contributed by atoms with Crippen molar-refractivity contribution in [3.63, 3.8) is 0 Å². The van der Waals surface area contributed by atoms with Crippen LogP contribution >= 0.6 is 0 Å². The van der Waals surface area contributed by atoms with E-state index in [1.54, 1.807) is 0 Å². The lowest BCUT2D eigenvalue weighted by Gasteiger charge is -2.33. The van der Waals surface area contributed by atoms with Crippen molar-refractivity contribution >= 4 is 11.9 Å². The molecular weight excluding hydrogens is 606 g/mol. The summed E-state index contributed by atoms with van der Waals surface area (Å²) in [4.78, 5) is 23.9. The van der Waals surface area contributed by atoms with Crippen LogP contribution in [0.2, 0.25) is 0 Å². The third kappa shape index (κ3) is 37.7. The second-order valence-electron chi connectivity index (χ2n) is 15.9. The van der Waals surface area contributed by atoms with Crippen LogP contribution in [0.1, 0.15) is 226 Å². The number of esters is 1. The zero-order valence-electron chi connectivity index (χ0n) is 33.6. The van der Waals surface area contributed by atoms with Crippen molar-refractivity contribution in [3.8, 4) is 0 Å². The van der Waals surface area contributed by atoms with Crippen molar-refractivity contribution in [2.75, 3.05) is 27.2 Å². The number of carboxylic acids is 1. The second kappa shape index (κ2) is 36.4. The molecule has 5 heteroatoms. The summed E-state index contributed by atoms with van der Waals surface area (Å²) in [6, 6.07) is 0. The summed E-state index contributed by atoms with van der Waals surface area (Å²) in [6.07, 6.45) is 44.9. The predicted octanol–water partition coefficient (Wildman–Crippen LogP) is 13.5. The van der Waals surface area contributed by atoms with E-state index in [-0.39, 0.29) is 18.5 Å². The second-order valence-corrected chi connectivity index (χ2v) is 15.9. The first-order valence-electron chi connectivity index (χ1n) is 21.7. The van der Waals surface area contributed by atoms with Gasteiger partial charge in [-0.15, -0.1) is 0 Å². The fourth-order valence-corrected chi connectivity index (χ4v) is 6.99. The molecule has 1 atom stereocenters. The standard InChI is InChI=1S/C44H85NO4/c1-5-7-9-11-13-15-17-19-21-23-24-26-28-30-32-34-37-42(41-45(3,4)40-36-38-43(46)47)49-44(48)39-35-33-31-29-27-25-22-20-18-16-14-12-10-8-6-2/h20,22,42H,5-19,21,23-41H2,1-4H3/p+1/b22-20-. The molecule has 1 unspecified atom stereocenters. The Morgan fingerprint density at radius 3 is 1.35 bits per heavy atom. The van der Waals surface area contributed by atoms with Gasteiger partial charge in [0.25, 0.3) is 0 Å². The highest BCUT2D eigenvalue weighted by Gasteiger charge is 2.25. The van der Waals surface area contributed by atoms with Crippen LogP contribution in [0.5, 0.6) is 0 Å². The summed E-state index contributed by atoms with van der Waals surface area (Å²) >= 11 is 0. The average Bonchev–Trinajstić information content (AvgIpc) is 3.05. The lowest BCUT2D eigenvalue weighted by Crippen LogP contribution is -2.47. The van der Waals surface area contributed by atoms with Gasteiger partial charge in [-0.1, -0.05) is 174 Å². The Kier molecular flexibility index (Phi) is 35.4. The molecule has 49 heavy (non-hydrogen) atoms. The number of hydrogen-bond donors (Lipinski definition) is 1. The highest BCUT2D eigenvalue weighted by atomic mass is 16.5. The summed E-state index contributed by atoms with van der Waals surface area (Å²) in [5, 5.41) is 9.07. The molecule has 0 aliphatic carbocycles. The van der Waals surface area contributed by atoms with E-state index in [9.17, 15) is 9.59 Å². The Bertz CT molecular complexity index is 749. The number of likely N-dealkylation sites (N-methyl/N-ethyl adjacent to an activating group) is 1. The Labute approximate surface area is 306 Å². The van der Waals surface area contributed by atoms with E-state index >= 15 is 0 Å². The fraction of sp³-hybridized carbons (Fsp3) is 0.909. The van der Waals surface area contributed by atoms with Crippen molar-refractivity contribution in [1.29, 1.82) is 0 Å². The van der Waals surface area contributed by atoms with Gasteiger partial charge in [0.1, 0.15) is 6.54 Å². The monoisotopic (exact) mass is 693 g/mol. The van der Waals surface area contributed by atoms with Crippen LogP contribution in [0, 0.1) is 0 Å². The van der Waals surface area contributed by atoms with Crippen LogP contribution in [-0.4, -0.2) is 54.8 Å². The van der Waals surface area contributed by atoms with E-state index in [1.165, 1.54) is 167 Å². The van der Waals surface area contributed by atoms with Gasteiger partial charge in [0.2, 0.25) is 0 Å². The topological polar surface area (TPSA) is 63.6 Å². The number of rotatable bonds is 39. The Balaban J connectivity index is 4.15. The SMILES string of the molecule is CCCCCCCC/C=C\CCCCCCCC(=O)OC(CCCCCCCCCCCCCCCCCC)C[N+](C)(C)CCCC(=O)O. The lowest BCUT2D eigenvalue weighted by molar-refractivity contribution is -0.893. The number of unbranched alkanes of at least 4 members (excludes halogenated alkanes) is 26. The van der Waals surface area contributed by atoms with Crippen LogP contribution in [0.15, 0.2) is 12.2 Å². The highest BCUT2D eigenvalue weighted by Crippen LogP contribution is 2.18. The Hall–Kier alpha value is -1.36. The number of quaternary nitrogens is 1. The van der Waals surface area contributed by atoms with Gasteiger partial charge in [-0.2, -0.15) is 0 Å². The summed E-state index contributed by atoms with van der Waals surface area (Å²) in [6.45, 7) is 6.10. The van der Waals surface area contributed by atoms with Gasteiger partial charge in [-0.25, -0.2) is 0 Å². The molecule has 0 aromatic carbocycles. The van der Waals surface area contributed by atoms with Crippen LogP contribution < -0.4 is 0 Å². The molecule has 0 aliphatic rings. The van der Waals surface area contributed by atoms with Crippen LogP contribution in [0.3, 0.4) is 0 Å². The van der Waals surface area contributed by atoms with Gasteiger partial charge in [0.15, 0.2) is 6.10 Å². The molecule has 290 valence electrons. The number of allylic oxidation sites excluding steroid dienone is 2. The smallest absolute Gasteiger partial charge is 0.306 e. The van der Waals surface area contributed by atoms with E-state index in [2.05, 4.69) is 40.1 Å². The molecule has 0 spiro atoms. The third-order valence-corrected chi connectivity index (χ3v) is 10.2. The predicted molar refractivity (Wildman–Crippen MR) is 212 cm³/mol. The minimum atomic E-state index is -0.740. The molecule has 0 rings (SSSR count). The maximum atomic E-state index is 12.8. The van der Waals surface area contributed by atoms with Gasteiger partial charge >= 0.3 is 11.9 Å². The quantitative estimate of drug-likeness (QED) is 0.0301. The highest BCUT2D eigenvalue weighted by molar-refractivity contribution is 5.69. The first kappa shape index (κ1) is 47.6. The molecule has 0 aromatic rings. The van der Waals surface area contributed by atoms with E-state index in [0.29, 0.717) is 17.3 Å². The van der Waals surface area contributed by atoms with Crippen molar-refractivity contribution in [3.05, 3.63) is 12.2 Å². The van der Waals surface area contributed by atoms with E-state index < -0.39 is 5.97 Å². The first-order chi connectivity index (χ1) is 23.8. The Morgan fingerprint density at radius 2 is 0.918 bits per heavy atom. The van der Waals surface area contributed by atoms with Crippen LogP contribution in [0.4, 0.5) is 0 Å². The lowest BCUT2D eigenvalue weighted by atomic mass is 10.0. The number of carbonyl (C=O) groups is 2. The van der Waals surface area contributed by atoms with Gasteiger partial charge in [0, 0.05) is 12.8 Å². The molecule has 0 saturated heterocycles. The third-order valence-electron chi connectivity index (χ3n) is 10.2. The summed E-state index contributed by atoms with van der Waals surface area (Å²) in [5.74, 6) is -0.791. The number of ether oxygens (including phenoxy) is 1. The molecule has 5 nitrogen and oxygen atoms in total. The molecule has 0 heterocycles. The van der Waals surface area contributed by atoms with Crippen molar-refractivity contribution in [1.82, 2.24) is 0 Å². The molecule has 0 fully saturated rings. The molecule has 0 bridgehead atoms. The largest absolute Gasteiger partial charge is 0.481 e. The zero-order chi connectivity index (χ0) is 36.1. The van der Waals surface area contributed by atoms with Gasteiger partial charge in [0.05, 0.1) is 27.1 Å². The van der Waals surface area contributed by atoms with E-state index in [4.69, 9.17) is 9.84 Å². The molecule has 0 amide bonds. The minimum Gasteiger partial charge on any atom is -0.481 e. The van der Waals surface area contributed by atoms with Crippen molar-refractivity contribution in [2.45, 2.75) is 232 Å². The van der Waals surface area contributed by atoms with Crippen molar-refractivity contribution < 1.29 is 23.9 Å². The van der Waals surface area contributed by atoms with Gasteiger partial charge in [-0.3, -0.25) is 9.59 Å². The number of aliphatic carboxylic acids is 1.